The molecule has 1 saturated heterocycles. The third kappa shape index (κ3) is 2.20. The Hall–Kier alpha value is -0.990. The van der Waals surface area contributed by atoms with Crippen LogP contribution in [0, 0.1) is 5.92 Å². The molecule has 1 fully saturated rings. The molecule has 1 aromatic carbocycles. The van der Waals surface area contributed by atoms with Gasteiger partial charge in [0, 0.05) is 5.39 Å². The SMILES string of the molecule is C[C@H]1CNCC[C@H]1c1cccc2occc12.Cl. The van der Waals surface area contributed by atoms with Crippen LogP contribution < -0.4 is 5.32 Å². The van der Waals surface area contributed by atoms with E-state index in [-0.39, 0.29) is 12.4 Å². The van der Waals surface area contributed by atoms with Crippen molar-refractivity contribution < 1.29 is 4.42 Å². The van der Waals surface area contributed by atoms with Gasteiger partial charge in [-0.1, -0.05) is 19.1 Å². The van der Waals surface area contributed by atoms with E-state index in [1.54, 1.807) is 6.26 Å². The number of hydrogen-bond donors (Lipinski definition) is 1. The second-order valence-electron chi connectivity index (χ2n) is 4.76. The fourth-order valence-electron chi connectivity index (χ4n) is 2.82. The first-order chi connectivity index (χ1) is 7.86. The summed E-state index contributed by atoms with van der Waals surface area (Å²) in [6.07, 6.45) is 3.02. The molecule has 2 atom stereocenters. The van der Waals surface area contributed by atoms with Gasteiger partial charge in [-0.15, -0.1) is 12.4 Å². The Morgan fingerprint density at radius 3 is 3.00 bits per heavy atom. The Labute approximate surface area is 108 Å². The average molecular weight is 252 g/mol. The van der Waals surface area contributed by atoms with Crippen molar-refractivity contribution >= 4 is 23.4 Å². The van der Waals surface area contributed by atoms with Gasteiger partial charge in [-0.3, -0.25) is 0 Å². The molecule has 1 aliphatic heterocycles. The third-order valence-corrected chi connectivity index (χ3v) is 3.71. The first-order valence-electron chi connectivity index (χ1n) is 6.03. The number of fused-ring (bicyclic) bond motifs is 1. The number of halogens is 1. The lowest BCUT2D eigenvalue weighted by Gasteiger charge is -2.30. The van der Waals surface area contributed by atoms with Crippen LogP contribution in [0.5, 0.6) is 0 Å². The van der Waals surface area contributed by atoms with Gasteiger partial charge < -0.3 is 9.73 Å². The minimum absolute atomic E-state index is 0. The summed E-state index contributed by atoms with van der Waals surface area (Å²) in [6, 6.07) is 8.50. The van der Waals surface area contributed by atoms with Crippen LogP contribution >= 0.6 is 12.4 Å². The fourth-order valence-corrected chi connectivity index (χ4v) is 2.82. The summed E-state index contributed by atoms with van der Waals surface area (Å²) >= 11 is 0. The molecule has 2 nitrogen and oxygen atoms in total. The lowest BCUT2D eigenvalue weighted by atomic mass is 9.81. The molecule has 0 amide bonds. The summed E-state index contributed by atoms with van der Waals surface area (Å²) in [5.41, 5.74) is 2.48. The topological polar surface area (TPSA) is 25.2 Å². The van der Waals surface area contributed by atoms with E-state index < -0.39 is 0 Å². The van der Waals surface area contributed by atoms with Crippen LogP contribution in [0.2, 0.25) is 0 Å². The van der Waals surface area contributed by atoms with E-state index in [1.165, 1.54) is 17.4 Å². The van der Waals surface area contributed by atoms with Crippen molar-refractivity contribution in [3.63, 3.8) is 0 Å². The maximum atomic E-state index is 5.47. The van der Waals surface area contributed by atoms with Crippen LogP contribution in [0.4, 0.5) is 0 Å². The van der Waals surface area contributed by atoms with Crippen molar-refractivity contribution in [2.45, 2.75) is 19.3 Å². The van der Waals surface area contributed by atoms with Crippen molar-refractivity contribution in [1.82, 2.24) is 5.32 Å². The molecule has 1 aliphatic rings. The van der Waals surface area contributed by atoms with Crippen molar-refractivity contribution in [1.29, 1.82) is 0 Å². The highest BCUT2D eigenvalue weighted by Crippen LogP contribution is 2.34. The first kappa shape index (κ1) is 12.5. The molecule has 0 bridgehead atoms. The Balaban J connectivity index is 0.00000108. The van der Waals surface area contributed by atoms with Crippen molar-refractivity contribution in [3.05, 3.63) is 36.1 Å². The zero-order valence-electron chi connectivity index (χ0n) is 9.98. The van der Waals surface area contributed by atoms with E-state index in [4.69, 9.17) is 4.42 Å². The van der Waals surface area contributed by atoms with E-state index in [9.17, 15) is 0 Å². The van der Waals surface area contributed by atoms with Gasteiger partial charge in [-0.2, -0.15) is 0 Å². The molecule has 3 rings (SSSR count). The molecule has 0 aliphatic carbocycles. The second-order valence-corrected chi connectivity index (χ2v) is 4.76. The van der Waals surface area contributed by atoms with Crippen molar-refractivity contribution in [2.75, 3.05) is 13.1 Å². The minimum atomic E-state index is 0. The van der Waals surface area contributed by atoms with Crippen molar-refractivity contribution in [3.8, 4) is 0 Å². The number of furan rings is 1. The molecule has 92 valence electrons. The molecule has 17 heavy (non-hydrogen) atoms. The average Bonchev–Trinajstić information content (AvgIpc) is 2.77. The Kier molecular flexibility index (Phi) is 3.75. The zero-order chi connectivity index (χ0) is 11.0. The predicted molar refractivity (Wildman–Crippen MR) is 72.9 cm³/mol. The molecule has 1 aromatic heterocycles. The van der Waals surface area contributed by atoms with E-state index in [0.717, 1.165) is 18.7 Å². The molecule has 3 heteroatoms. The van der Waals surface area contributed by atoms with E-state index in [2.05, 4.69) is 30.4 Å². The molecular weight excluding hydrogens is 234 g/mol. The monoisotopic (exact) mass is 251 g/mol. The van der Waals surface area contributed by atoms with Crippen LogP contribution in [-0.2, 0) is 0 Å². The van der Waals surface area contributed by atoms with Gasteiger partial charge in [0.05, 0.1) is 6.26 Å². The number of nitrogens with one attached hydrogen (secondary N) is 1. The predicted octanol–water partition coefficient (Wildman–Crippen LogP) is 3.57. The van der Waals surface area contributed by atoms with Crippen LogP contribution in [0.15, 0.2) is 34.9 Å². The summed E-state index contributed by atoms with van der Waals surface area (Å²) in [7, 11) is 0. The highest BCUT2D eigenvalue weighted by molar-refractivity contribution is 5.85. The summed E-state index contributed by atoms with van der Waals surface area (Å²) in [4.78, 5) is 0. The van der Waals surface area contributed by atoms with E-state index in [0.29, 0.717) is 11.8 Å². The van der Waals surface area contributed by atoms with Gasteiger partial charge in [0.25, 0.3) is 0 Å². The Bertz CT molecular complexity index is 494. The molecule has 0 unspecified atom stereocenters. The smallest absolute Gasteiger partial charge is 0.134 e. The largest absolute Gasteiger partial charge is 0.464 e. The number of piperidine rings is 1. The summed E-state index contributed by atoms with van der Waals surface area (Å²) < 4.78 is 5.47. The maximum absolute atomic E-state index is 5.47. The molecule has 2 heterocycles. The fraction of sp³-hybridized carbons (Fsp3) is 0.429. The Morgan fingerprint density at radius 2 is 2.18 bits per heavy atom. The van der Waals surface area contributed by atoms with Crippen LogP contribution in [-0.4, -0.2) is 13.1 Å². The maximum Gasteiger partial charge on any atom is 0.134 e. The highest BCUT2D eigenvalue weighted by Gasteiger charge is 2.24. The van der Waals surface area contributed by atoms with Gasteiger partial charge in [-0.25, -0.2) is 0 Å². The zero-order valence-corrected chi connectivity index (χ0v) is 10.8. The van der Waals surface area contributed by atoms with Crippen molar-refractivity contribution in [2.24, 2.45) is 5.92 Å². The van der Waals surface area contributed by atoms with Crippen LogP contribution in [0.1, 0.15) is 24.8 Å². The van der Waals surface area contributed by atoms with Gasteiger partial charge >= 0.3 is 0 Å². The summed E-state index contributed by atoms with van der Waals surface area (Å²) in [5, 5.41) is 4.75. The first-order valence-corrected chi connectivity index (χ1v) is 6.03. The molecule has 0 radical (unpaired) electrons. The minimum Gasteiger partial charge on any atom is -0.464 e. The molecule has 0 saturated carbocycles. The standard InChI is InChI=1S/C14H17NO.ClH/c1-10-9-15-7-5-11(10)12-3-2-4-14-13(12)6-8-16-14;/h2-4,6,8,10-11,15H,5,7,9H2,1H3;1H/t10-,11+;/m0./s1. The second kappa shape index (κ2) is 5.11. The lowest BCUT2D eigenvalue weighted by Crippen LogP contribution is -2.33. The number of benzene rings is 1. The molecule has 1 N–H and O–H groups in total. The normalized spacial score (nSPS) is 24.5. The van der Waals surface area contributed by atoms with Gasteiger partial charge in [0.15, 0.2) is 0 Å². The van der Waals surface area contributed by atoms with E-state index in [1.807, 2.05) is 6.07 Å². The van der Waals surface area contributed by atoms with Gasteiger partial charge in [0.2, 0.25) is 0 Å². The molecular formula is C14H18ClNO. The quantitative estimate of drug-likeness (QED) is 0.838. The van der Waals surface area contributed by atoms with Crippen LogP contribution in [0.3, 0.4) is 0 Å². The number of hydrogen-bond acceptors (Lipinski definition) is 2. The summed E-state index contributed by atoms with van der Waals surface area (Å²) in [6.45, 7) is 4.58. The number of rotatable bonds is 1. The molecule has 2 aromatic rings. The van der Waals surface area contributed by atoms with Crippen LogP contribution in [0.25, 0.3) is 11.0 Å². The lowest BCUT2D eigenvalue weighted by molar-refractivity contribution is 0.351. The molecule has 0 spiro atoms. The van der Waals surface area contributed by atoms with E-state index >= 15 is 0 Å². The van der Waals surface area contributed by atoms with Gasteiger partial charge in [0.1, 0.15) is 5.58 Å². The summed E-state index contributed by atoms with van der Waals surface area (Å²) in [5.74, 6) is 1.37. The third-order valence-electron chi connectivity index (χ3n) is 3.71. The Morgan fingerprint density at radius 1 is 1.29 bits per heavy atom. The van der Waals surface area contributed by atoms with Gasteiger partial charge in [-0.05, 0) is 49.0 Å². The highest BCUT2D eigenvalue weighted by atomic mass is 35.5.